The maximum atomic E-state index is 10.6. The van der Waals surface area contributed by atoms with E-state index in [0.717, 1.165) is 43.6 Å². The van der Waals surface area contributed by atoms with Crippen LogP contribution >= 0.6 is 0 Å². The van der Waals surface area contributed by atoms with Gasteiger partial charge >= 0.3 is 0 Å². The van der Waals surface area contributed by atoms with Crippen molar-refractivity contribution >= 4 is 22.9 Å². The van der Waals surface area contributed by atoms with Crippen LogP contribution in [0.15, 0.2) is 6.33 Å². The molecule has 0 aromatic carbocycles. The molecule has 7 heteroatoms. The first-order valence-electron chi connectivity index (χ1n) is 7.50. The first kappa shape index (κ1) is 14.1. The second-order valence-electron chi connectivity index (χ2n) is 5.79. The number of hydrogen-bond acceptors (Lipinski definition) is 6. The number of nitrogens with zero attached hydrogens (tertiary/aromatic N) is 4. The summed E-state index contributed by atoms with van der Waals surface area (Å²) in [7, 11) is 1.95. The Balaban J connectivity index is 1.92. The van der Waals surface area contributed by atoms with Gasteiger partial charge < -0.3 is 20.3 Å². The molecule has 21 heavy (non-hydrogen) atoms. The topological polar surface area (TPSA) is 90.0 Å². The molecule has 0 unspecified atom stereocenters. The molecule has 0 saturated heterocycles. The van der Waals surface area contributed by atoms with Gasteiger partial charge in [-0.3, -0.25) is 0 Å². The Bertz CT molecular complexity index is 619. The zero-order chi connectivity index (χ0) is 14.9. The zero-order valence-electron chi connectivity index (χ0n) is 12.6. The van der Waals surface area contributed by atoms with E-state index in [-0.39, 0.29) is 0 Å². The minimum Gasteiger partial charge on any atom is -0.388 e. The molecule has 1 fully saturated rings. The smallest absolute Gasteiger partial charge is 0.226 e. The van der Waals surface area contributed by atoms with Crippen LogP contribution in [0.25, 0.3) is 11.2 Å². The molecule has 114 valence electrons. The number of aliphatic hydroxyl groups is 1. The maximum Gasteiger partial charge on any atom is 0.226 e. The molecule has 7 nitrogen and oxygen atoms in total. The summed E-state index contributed by atoms with van der Waals surface area (Å²) in [5.41, 5.74) is 0.840. The van der Waals surface area contributed by atoms with Gasteiger partial charge in [0.05, 0.1) is 11.9 Å². The van der Waals surface area contributed by atoms with Crippen molar-refractivity contribution < 1.29 is 5.11 Å². The van der Waals surface area contributed by atoms with E-state index in [1.165, 1.54) is 0 Å². The first-order chi connectivity index (χ1) is 10.1. The Morgan fingerprint density at radius 2 is 2.14 bits per heavy atom. The van der Waals surface area contributed by atoms with Gasteiger partial charge in [-0.1, -0.05) is 12.8 Å². The summed E-state index contributed by atoms with van der Waals surface area (Å²) in [5, 5.41) is 13.7. The van der Waals surface area contributed by atoms with Crippen molar-refractivity contribution in [1.82, 2.24) is 19.9 Å². The number of fused-ring (bicyclic) bond motifs is 1. The van der Waals surface area contributed by atoms with E-state index in [1.807, 2.05) is 18.9 Å². The summed E-state index contributed by atoms with van der Waals surface area (Å²) in [6.45, 7) is 3.33. The number of anilines is 2. The highest BCUT2D eigenvalue weighted by molar-refractivity contribution is 5.84. The van der Waals surface area contributed by atoms with Crippen LogP contribution in [0.5, 0.6) is 0 Å². The van der Waals surface area contributed by atoms with Gasteiger partial charge in [0.15, 0.2) is 11.5 Å². The van der Waals surface area contributed by atoms with Crippen LogP contribution in [0, 0.1) is 0 Å². The van der Waals surface area contributed by atoms with E-state index in [9.17, 15) is 5.11 Å². The van der Waals surface area contributed by atoms with Gasteiger partial charge in [-0.15, -0.1) is 0 Å². The van der Waals surface area contributed by atoms with Crippen LogP contribution in [0.1, 0.15) is 32.6 Å². The predicted molar refractivity (Wildman–Crippen MR) is 82.5 cm³/mol. The Hall–Kier alpha value is -1.89. The van der Waals surface area contributed by atoms with Crippen LogP contribution in [-0.2, 0) is 0 Å². The Morgan fingerprint density at radius 1 is 1.38 bits per heavy atom. The van der Waals surface area contributed by atoms with Gasteiger partial charge in [0.2, 0.25) is 5.95 Å². The molecule has 2 aromatic heterocycles. The van der Waals surface area contributed by atoms with Crippen LogP contribution in [0.4, 0.5) is 11.8 Å². The molecule has 0 aliphatic heterocycles. The first-order valence-corrected chi connectivity index (χ1v) is 7.50. The van der Waals surface area contributed by atoms with Gasteiger partial charge in [0.1, 0.15) is 5.52 Å². The summed E-state index contributed by atoms with van der Waals surface area (Å²) >= 11 is 0. The molecule has 1 saturated carbocycles. The third-order valence-electron chi connectivity index (χ3n) is 4.03. The van der Waals surface area contributed by atoms with E-state index in [2.05, 4.69) is 25.3 Å². The molecule has 0 spiro atoms. The largest absolute Gasteiger partial charge is 0.388 e. The monoisotopic (exact) mass is 290 g/mol. The van der Waals surface area contributed by atoms with E-state index in [0.29, 0.717) is 18.1 Å². The average molecular weight is 290 g/mol. The highest BCUT2D eigenvalue weighted by atomic mass is 16.3. The molecule has 0 radical (unpaired) electrons. The van der Waals surface area contributed by atoms with Gasteiger partial charge in [0.25, 0.3) is 0 Å². The lowest BCUT2D eigenvalue weighted by Crippen LogP contribution is -2.39. The van der Waals surface area contributed by atoms with Gasteiger partial charge in [-0.25, -0.2) is 4.98 Å². The Labute approximate surface area is 123 Å². The third kappa shape index (κ3) is 2.78. The number of hydrogen-bond donors (Lipinski definition) is 3. The molecule has 2 heterocycles. The number of rotatable bonds is 5. The molecular weight excluding hydrogens is 268 g/mol. The number of nitrogens with one attached hydrogen (secondary N) is 2. The fourth-order valence-electron chi connectivity index (χ4n) is 3.04. The lowest BCUT2D eigenvalue weighted by molar-refractivity contribution is 0.0558. The van der Waals surface area contributed by atoms with Crippen LogP contribution < -0.4 is 10.2 Å². The molecule has 2 aromatic rings. The van der Waals surface area contributed by atoms with Crippen molar-refractivity contribution in [2.75, 3.05) is 30.4 Å². The van der Waals surface area contributed by atoms with Crippen molar-refractivity contribution in [3.63, 3.8) is 0 Å². The van der Waals surface area contributed by atoms with Gasteiger partial charge in [-0.2, -0.15) is 9.97 Å². The molecule has 0 amide bonds. The van der Waals surface area contributed by atoms with Crippen molar-refractivity contribution in [2.45, 2.75) is 38.2 Å². The molecule has 1 aliphatic carbocycles. The second-order valence-corrected chi connectivity index (χ2v) is 5.79. The highest BCUT2D eigenvalue weighted by Crippen LogP contribution is 2.32. The third-order valence-corrected chi connectivity index (χ3v) is 4.03. The number of aromatic amines is 1. The fourth-order valence-corrected chi connectivity index (χ4v) is 3.04. The maximum absolute atomic E-state index is 10.6. The summed E-state index contributed by atoms with van der Waals surface area (Å²) < 4.78 is 0. The van der Waals surface area contributed by atoms with Crippen LogP contribution in [0.2, 0.25) is 0 Å². The lowest BCUT2D eigenvalue weighted by atomic mass is 10.0. The summed E-state index contributed by atoms with van der Waals surface area (Å²) in [6.07, 6.45) is 5.52. The van der Waals surface area contributed by atoms with Crippen molar-refractivity contribution in [3.05, 3.63) is 6.33 Å². The average Bonchev–Trinajstić information content (AvgIpc) is 3.07. The number of aromatic nitrogens is 4. The lowest BCUT2D eigenvalue weighted by Gasteiger charge is -2.29. The molecule has 3 rings (SSSR count). The summed E-state index contributed by atoms with van der Waals surface area (Å²) in [6, 6.07) is 0. The van der Waals surface area contributed by atoms with E-state index in [1.54, 1.807) is 6.33 Å². The minimum atomic E-state index is -0.607. The van der Waals surface area contributed by atoms with Crippen LogP contribution in [-0.4, -0.2) is 50.8 Å². The van der Waals surface area contributed by atoms with Crippen molar-refractivity contribution in [3.8, 4) is 0 Å². The van der Waals surface area contributed by atoms with Crippen molar-refractivity contribution in [2.24, 2.45) is 0 Å². The SMILES string of the molecule is CCNc1nc(N(C)CC2(O)CCCC2)c2[nH]cnc2n1. The zero-order valence-corrected chi connectivity index (χ0v) is 12.6. The summed E-state index contributed by atoms with van der Waals surface area (Å²) in [4.78, 5) is 18.2. The predicted octanol–water partition coefficient (Wildman–Crippen LogP) is 1.53. The molecule has 0 bridgehead atoms. The van der Waals surface area contributed by atoms with Gasteiger partial charge in [-0.05, 0) is 19.8 Å². The minimum absolute atomic E-state index is 0.567. The quantitative estimate of drug-likeness (QED) is 0.773. The Kier molecular flexibility index (Phi) is 3.67. The van der Waals surface area contributed by atoms with Gasteiger partial charge in [0, 0.05) is 20.1 Å². The second kappa shape index (κ2) is 5.48. The molecular formula is C14H22N6O. The number of imidazole rings is 1. The van der Waals surface area contributed by atoms with E-state index >= 15 is 0 Å². The van der Waals surface area contributed by atoms with E-state index < -0.39 is 5.60 Å². The molecule has 3 N–H and O–H groups in total. The number of likely N-dealkylation sites (N-methyl/N-ethyl adjacent to an activating group) is 1. The van der Waals surface area contributed by atoms with Crippen LogP contribution in [0.3, 0.4) is 0 Å². The molecule has 1 aliphatic rings. The fraction of sp³-hybridized carbons (Fsp3) is 0.643. The standard InChI is InChI=1S/C14H22N6O/c1-3-15-13-18-11-10(16-9-17-11)12(19-13)20(2)8-14(21)6-4-5-7-14/h9,21H,3-8H2,1-2H3,(H2,15,16,17,18,19). The Morgan fingerprint density at radius 3 is 2.86 bits per heavy atom. The number of H-pyrrole nitrogens is 1. The van der Waals surface area contributed by atoms with E-state index in [4.69, 9.17) is 0 Å². The van der Waals surface area contributed by atoms with Crippen molar-refractivity contribution in [1.29, 1.82) is 0 Å². The summed E-state index contributed by atoms with van der Waals surface area (Å²) in [5.74, 6) is 1.34. The normalized spacial score (nSPS) is 17.3. The highest BCUT2D eigenvalue weighted by Gasteiger charge is 2.33. The molecule has 0 atom stereocenters.